The van der Waals surface area contributed by atoms with E-state index in [4.69, 9.17) is 11.6 Å². The minimum absolute atomic E-state index is 0.0673. The monoisotopic (exact) mass is 396 g/mol. The van der Waals surface area contributed by atoms with Crippen molar-refractivity contribution in [2.24, 2.45) is 0 Å². The van der Waals surface area contributed by atoms with Gasteiger partial charge in [0.25, 0.3) is 0 Å². The quantitative estimate of drug-likeness (QED) is 0.620. The fraction of sp³-hybridized carbons (Fsp3) is 0.273. The first-order valence-electron chi connectivity index (χ1n) is 9.27. The van der Waals surface area contributed by atoms with Crippen LogP contribution in [0, 0.1) is 13.8 Å². The lowest BCUT2D eigenvalue weighted by molar-refractivity contribution is -0.114. The summed E-state index contributed by atoms with van der Waals surface area (Å²) in [5, 5.41) is 11.7. The van der Waals surface area contributed by atoms with Crippen LogP contribution >= 0.6 is 11.6 Å². The molecule has 0 aliphatic carbocycles. The van der Waals surface area contributed by atoms with Crippen molar-refractivity contribution in [3.8, 4) is 0 Å². The number of nitrogens with zero attached hydrogens (tertiary/aromatic N) is 2. The van der Waals surface area contributed by atoms with Gasteiger partial charge in [-0.3, -0.25) is 9.48 Å². The molecule has 2 aromatic carbocycles. The van der Waals surface area contributed by atoms with Crippen LogP contribution in [0.1, 0.15) is 35.0 Å². The molecule has 0 aliphatic rings. The smallest absolute Gasteiger partial charge is 0.221 e. The van der Waals surface area contributed by atoms with E-state index >= 15 is 0 Å². The number of carbonyl (C=O) groups excluding carboxylic acids is 1. The second-order valence-corrected chi connectivity index (χ2v) is 7.29. The Kier molecular flexibility index (Phi) is 6.49. The molecule has 0 atom stereocenters. The van der Waals surface area contributed by atoms with Gasteiger partial charge in [-0.15, -0.1) is 0 Å². The van der Waals surface area contributed by atoms with Crippen LogP contribution in [0.5, 0.6) is 0 Å². The minimum atomic E-state index is -0.0673. The summed E-state index contributed by atoms with van der Waals surface area (Å²) in [6.07, 6.45) is 0. The van der Waals surface area contributed by atoms with Crippen LogP contribution in [0.15, 0.2) is 48.5 Å². The maximum atomic E-state index is 11.2. The summed E-state index contributed by atoms with van der Waals surface area (Å²) in [6, 6.07) is 15.7. The van der Waals surface area contributed by atoms with Gasteiger partial charge in [0.15, 0.2) is 0 Å². The van der Waals surface area contributed by atoms with Gasteiger partial charge in [0, 0.05) is 42.0 Å². The highest BCUT2D eigenvalue weighted by molar-refractivity contribution is 6.31. The Hall–Kier alpha value is -2.63. The molecule has 2 N–H and O–H groups in total. The molecule has 0 bridgehead atoms. The number of amides is 1. The molecule has 0 aliphatic heterocycles. The van der Waals surface area contributed by atoms with Crippen LogP contribution in [0.4, 0.5) is 5.69 Å². The Morgan fingerprint density at radius 1 is 1.11 bits per heavy atom. The SMILES string of the molecule is CC(=O)Nc1cccc(CNCc2c(C)nn(Cc3ccccc3Cl)c2C)c1. The van der Waals surface area contributed by atoms with Crippen LogP contribution in [-0.2, 0) is 24.4 Å². The van der Waals surface area contributed by atoms with Crippen LogP contribution < -0.4 is 10.6 Å². The van der Waals surface area contributed by atoms with Gasteiger partial charge in [-0.1, -0.05) is 41.9 Å². The van der Waals surface area contributed by atoms with Crippen molar-refractivity contribution in [1.29, 1.82) is 0 Å². The highest BCUT2D eigenvalue weighted by atomic mass is 35.5. The van der Waals surface area contributed by atoms with E-state index in [1.165, 1.54) is 12.5 Å². The van der Waals surface area contributed by atoms with E-state index in [0.717, 1.165) is 39.8 Å². The van der Waals surface area contributed by atoms with Gasteiger partial charge in [0.05, 0.1) is 12.2 Å². The predicted octanol–water partition coefficient (Wildman–Crippen LogP) is 4.45. The molecule has 3 rings (SSSR count). The average Bonchev–Trinajstić information content (AvgIpc) is 2.91. The van der Waals surface area contributed by atoms with Crippen molar-refractivity contribution in [3.05, 3.63) is 81.6 Å². The van der Waals surface area contributed by atoms with Crippen molar-refractivity contribution in [3.63, 3.8) is 0 Å². The Bertz CT molecular complexity index is 980. The fourth-order valence-corrected chi connectivity index (χ4v) is 3.42. The predicted molar refractivity (Wildman–Crippen MR) is 114 cm³/mol. The molecule has 1 amide bonds. The van der Waals surface area contributed by atoms with Crippen LogP contribution in [-0.4, -0.2) is 15.7 Å². The second-order valence-electron chi connectivity index (χ2n) is 6.88. The zero-order valence-electron chi connectivity index (χ0n) is 16.4. The number of halogens is 1. The lowest BCUT2D eigenvalue weighted by Crippen LogP contribution is -2.14. The summed E-state index contributed by atoms with van der Waals surface area (Å²) in [7, 11) is 0. The molecular formula is C22H25ClN4O. The molecule has 1 heterocycles. The standard InChI is InChI=1S/C22H25ClN4O/c1-15-21(13-24-12-18-7-6-9-20(11-18)25-17(3)28)16(2)27(26-15)14-19-8-4-5-10-22(19)23/h4-11,24H,12-14H2,1-3H3,(H,25,28). The molecular weight excluding hydrogens is 372 g/mol. The summed E-state index contributed by atoms with van der Waals surface area (Å²) in [5.41, 5.74) is 6.34. The Morgan fingerprint density at radius 2 is 1.89 bits per heavy atom. The van der Waals surface area contributed by atoms with E-state index < -0.39 is 0 Å². The molecule has 0 fully saturated rings. The molecule has 0 radical (unpaired) electrons. The Balaban J connectivity index is 1.65. The highest BCUT2D eigenvalue weighted by Gasteiger charge is 2.12. The summed E-state index contributed by atoms with van der Waals surface area (Å²) >= 11 is 6.29. The third kappa shape index (κ3) is 5.00. The first-order valence-corrected chi connectivity index (χ1v) is 9.65. The van der Waals surface area contributed by atoms with Gasteiger partial charge >= 0.3 is 0 Å². The number of benzene rings is 2. The van der Waals surface area contributed by atoms with Crippen LogP contribution in [0.25, 0.3) is 0 Å². The van der Waals surface area contributed by atoms with Gasteiger partial charge in [0.1, 0.15) is 0 Å². The summed E-state index contributed by atoms with van der Waals surface area (Å²) in [5.74, 6) is -0.0673. The molecule has 28 heavy (non-hydrogen) atoms. The van der Waals surface area contributed by atoms with Crippen molar-refractivity contribution >= 4 is 23.2 Å². The van der Waals surface area contributed by atoms with Gasteiger partial charge in [-0.05, 0) is 43.2 Å². The Morgan fingerprint density at radius 3 is 2.64 bits per heavy atom. The van der Waals surface area contributed by atoms with E-state index in [0.29, 0.717) is 13.1 Å². The van der Waals surface area contributed by atoms with Gasteiger partial charge in [0.2, 0.25) is 5.91 Å². The van der Waals surface area contributed by atoms with E-state index in [2.05, 4.69) is 22.7 Å². The lowest BCUT2D eigenvalue weighted by atomic mass is 10.1. The van der Waals surface area contributed by atoms with Crippen LogP contribution in [0.3, 0.4) is 0 Å². The van der Waals surface area contributed by atoms with Gasteiger partial charge < -0.3 is 10.6 Å². The van der Waals surface area contributed by atoms with E-state index in [1.54, 1.807) is 0 Å². The lowest BCUT2D eigenvalue weighted by Gasteiger charge is -2.09. The van der Waals surface area contributed by atoms with E-state index in [9.17, 15) is 4.79 Å². The van der Waals surface area contributed by atoms with Gasteiger partial charge in [-0.25, -0.2) is 0 Å². The molecule has 0 unspecified atom stereocenters. The van der Waals surface area contributed by atoms with E-state index in [1.807, 2.05) is 60.1 Å². The molecule has 5 nitrogen and oxygen atoms in total. The number of hydrogen-bond donors (Lipinski definition) is 2. The fourth-order valence-electron chi connectivity index (χ4n) is 3.23. The molecule has 0 saturated heterocycles. The van der Waals surface area contributed by atoms with Crippen molar-refractivity contribution in [1.82, 2.24) is 15.1 Å². The average molecular weight is 397 g/mol. The first-order chi connectivity index (χ1) is 13.4. The van der Waals surface area contributed by atoms with E-state index in [-0.39, 0.29) is 5.91 Å². The van der Waals surface area contributed by atoms with Crippen LogP contribution in [0.2, 0.25) is 5.02 Å². The molecule has 1 aromatic heterocycles. The zero-order chi connectivity index (χ0) is 20.1. The third-order valence-corrected chi connectivity index (χ3v) is 5.06. The number of aromatic nitrogens is 2. The van der Waals surface area contributed by atoms with Gasteiger partial charge in [-0.2, -0.15) is 5.10 Å². The molecule has 0 saturated carbocycles. The normalized spacial score (nSPS) is 10.9. The summed E-state index contributed by atoms with van der Waals surface area (Å²) in [4.78, 5) is 11.2. The summed E-state index contributed by atoms with van der Waals surface area (Å²) in [6.45, 7) is 7.73. The number of carbonyl (C=O) groups is 1. The van der Waals surface area contributed by atoms with Crippen molar-refractivity contribution < 1.29 is 4.79 Å². The number of rotatable bonds is 7. The Labute approximate surface area is 170 Å². The zero-order valence-corrected chi connectivity index (χ0v) is 17.2. The number of anilines is 1. The number of hydrogen-bond acceptors (Lipinski definition) is 3. The topological polar surface area (TPSA) is 59.0 Å². The number of nitrogens with one attached hydrogen (secondary N) is 2. The maximum absolute atomic E-state index is 11.2. The molecule has 146 valence electrons. The molecule has 6 heteroatoms. The molecule has 0 spiro atoms. The first kappa shape index (κ1) is 20.1. The largest absolute Gasteiger partial charge is 0.326 e. The highest BCUT2D eigenvalue weighted by Crippen LogP contribution is 2.19. The summed E-state index contributed by atoms with van der Waals surface area (Å²) < 4.78 is 2.00. The third-order valence-electron chi connectivity index (χ3n) is 4.69. The van der Waals surface area contributed by atoms with Crippen molar-refractivity contribution in [2.75, 3.05) is 5.32 Å². The molecule has 3 aromatic rings. The maximum Gasteiger partial charge on any atom is 0.221 e. The van der Waals surface area contributed by atoms with Crippen molar-refractivity contribution in [2.45, 2.75) is 40.4 Å². The number of aryl methyl sites for hydroxylation is 1. The second kappa shape index (κ2) is 9.04. The minimum Gasteiger partial charge on any atom is -0.326 e.